The number of carbonyl (C=O) groups is 1. The summed E-state index contributed by atoms with van der Waals surface area (Å²) in [4.78, 5) is 15.2. The Hall–Kier alpha value is -2.83. The lowest BCUT2D eigenvalue weighted by Crippen LogP contribution is -2.45. The summed E-state index contributed by atoms with van der Waals surface area (Å²) in [5.41, 5.74) is 3.28. The zero-order valence-corrected chi connectivity index (χ0v) is 18.9. The molecule has 0 saturated heterocycles. The van der Waals surface area contributed by atoms with E-state index in [1.54, 1.807) is 23.1 Å². The Balaban J connectivity index is 1.74. The standard InChI is InChI=1S/C24H23ClN2O3S/c1-17-6-5-8-21(14-17)26(31(29,30)22-12-10-20(25)11-13-22)16-24(28)27-18(2)15-19-7-3-4-9-23(19)27/h3-14,18H,15-16H2,1-2H3. The van der Waals surface area contributed by atoms with Crippen LogP contribution in [0.25, 0.3) is 0 Å². The second-order valence-electron chi connectivity index (χ2n) is 7.75. The fourth-order valence-corrected chi connectivity index (χ4v) is 5.51. The summed E-state index contributed by atoms with van der Waals surface area (Å²) in [5.74, 6) is -0.267. The molecule has 1 aliphatic heterocycles. The van der Waals surface area contributed by atoms with Gasteiger partial charge in [-0.25, -0.2) is 8.42 Å². The number of para-hydroxylation sites is 1. The number of nitrogens with zero attached hydrogens (tertiary/aromatic N) is 2. The smallest absolute Gasteiger partial charge is 0.264 e. The Bertz CT molecular complexity index is 1230. The topological polar surface area (TPSA) is 57.7 Å². The third kappa shape index (κ3) is 4.18. The summed E-state index contributed by atoms with van der Waals surface area (Å²) in [5, 5.41) is 0.444. The van der Waals surface area contributed by atoms with Gasteiger partial charge >= 0.3 is 0 Å². The molecule has 0 fully saturated rings. The minimum absolute atomic E-state index is 0.0394. The van der Waals surface area contributed by atoms with Gasteiger partial charge in [0.25, 0.3) is 10.0 Å². The molecule has 0 N–H and O–H groups in total. The highest BCUT2D eigenvalue weighted by Crippen LogP contribution is 2.33. The van der Waals surface area contributed by atoms with Crippen molar-refractivity contribution < 1.29 is 13.2 Å². The molecule has 1 unspecified atom stereocenters. The molecule has 7 heteroatoms. The number of carbonyl (C=O) groups excluding carboxylic acids is 1. The minimum Gasteiger partial charge on any atom is -0.307 e. The normalized spacial score (nSPS) is 15.6. The van der Waals surface area contributed by atoms with Crippen LogP contribution in [0.3, 0.4) is 0 Å². The number of amides is 1. The first-order chi connectivity index (χ1) is 14.8. The van der Waals surface area contributed by atoms with Gasteiger partial charge in [0.1, 0.15) is 6.54 Å². The Labute approximate surface area is 187 Å². The Morgan fingerprint density at radius 1 is 1.06 bits per heavy atom. The van der Waals surface area contributed by atoms with Crippen LogP contribution >= 0.6 is 11.6 Å². The number of halogens is 1. The number of fused-ring (bicyclic) bond motifs is 1. The van der Waals surface area contributed by atoms with E-state index in [1.165, 1.54) is 28.6 Å². The number of aryl methyl sites for hydroxylation is 1. The Morgan fingerprint density at radius 2 is 1.77 bits per heavy atom. The molecule has 4 rings (SSSR count). The fraction of sp³-hybridized carbons (Fsp3) is 0.208. The van der Waals surface area contributed by atoms with E-state index in [0.29, 0.717) is 10.7 Å². The molecule has 0 aromatic heterocycles. The van der Waals surface area contributed by atoms with Gasteiger partial charge in [-0.15, -0.1) is 0 Å². The maximum atomic E-state index is 13.5. The van der Waals surface area contributed by atoms with Gasteiger partial charge in [0.05, 0.1) is 10.6 Å². The predicted octanol–water partition coefficient (Wildman–Crippen LogP) is 4.82. The molecule has 1 amide bonds. The van der Waals surface area contributed by atoms with Crippen molar-refractivity contribution in [3.8, 4) is 0 Å². The molecule has 1 atom stereocenters. The van der Waals surface area contributed by atoms with E-state index in [0.717, 1.165) is 23.2 Å². The van der Waals surface area contributed by atoms with Gasteiger partial charge in [0.15, 0.2) is 0 Å². The van der Waals surface area contributed by atoms with E-state index in [1.807, 2.05) is 44.2 Å². The molecule has 0 radical (unpaired) electrons. The summed E-state index contributed by atoms with van der Waals surface area (Å²) in [6.07, 6.45) is 0.746. The van der Waals surface area contributed by atoms with Crippen LogP contribution in [0.2, 0.25) is 5.02 Å². The van der Waals surface area contributed by atoms with Gasteiger partial charge in [-0.3, -0.25) is 9.10 Å². The largest absolute Gasteiger partial charge is 0.307 e. The quantitative estimate of drug-likeness (QED) is 0.555. The molecule has 31 heavy (non-hydrogen) atoms. The van der Waals surface area contributed by atoms with Crippen LogP contribution in [0.4, 0.5) is 11.4 Å². The Morgan fingerprint density at radius 3 is 2.48 bits per heavy atom. The highest BCUT2D eigenvalue weighted by atomic mass is 35.5. The van der Waals surface area contributed by atoms with E-state index in [9.17, 15) is 13.2 Å². The molecule has 1 aliphatic rings. The average molecular weight is 455 g/mol. The van der Waals surface area contributed by atoms with Crippen molar-refractivity contribution in [2.75, 3.05) is 15.7 Å². The summed E-state index contributed by atoms with van der Waals surface area (Å²) in [7, 11) is -3.98. The highest BCUT2D eigenvalue weighted by Gasteiger charge is 2.34. The third-order valence-corrected chi connectivity index (χ3v) is 7.49. The predicted molar refractivity (Wildman–Crippen MR) is 124 cm³/mol. The molecule has 3 aromatic rings. The van der Waals surface area contributed by atoms with Crippen molar-refractivity contribution in [1.29, 1.82) is 0 Å². The summed E-state index contributed by atoms with van der Waals surface area (Å²) in [6, 6.07) is 20.8. The third-order valence-electron chi connectivity index (χ3n) is 5.45. The van der Waals surface area contributed by atoms with E-state index in [2.05, 4.69) is 0 Å². The van der Waals surface area contributed by atoms with Crippen molar-refractivity contribution in [1.82, 2.24) is 0 Å². The molecule has 0 bridgehead atoms. The summed E-state index contributed by atoms with van der Waals surface area (Å²) >= 11 is 5.94. The number of hydrogen-bond donors (Lipinski definition) is 0. The number of sulfonamides is 1. The fourth-order valence-electron chi connectivity index (χ4n) is 3.98. The van der Waals surface area contributed by atoms with Crippen LogP contribution in [-0.2, 0) is 21.2 Å². The molecular weight excluding hydrogens is 432 g/mol. The first kappa shape index (κ1) is 21.4. The van der Waals surface area contributed by atoms with Crippen LogP contribution in [0.5, 0.6) is 0 Å². The highest BCUT2D eigenvalue weighted by molar-refractivity contribution is 7.92. The maximum absolute atomic E-state index is 13.5. The van der Waals surface area contributed by atoms with Gasteiger partial charge < -0.3 is 4.90 Å². The van der Waals surface area contributed by atoms with Gasteiger partial charge in [-0.1, -0.05) is 41.9 Å². The second-order valence-corrected chi connectivity index (χ2v) is 10.0. The molecule has 3 aromatic carbocycles. The van der Waals surface area contributed by atoms with E-state index in [-0.39, 0.29) is 23.4 Å². The van der Waals surface area contributed by atoms with Gasteiger partial charge in [0, 0.05) is 16.8 Å². The molecule has 0 aliphatic carbocycles. The zero-order chi connectivity index (χ0) is 22.2. The maximum Gasteiger partial charge on any atom is 0.264 e. The van der Waals surface area contributed by atoms with Crippen molar-refractivity contribution in [2.45, 2.75) is 31.2 Å². The van der Waals surface area contributed by atoms with Crippen LogP contribution in [0, 0.1) is 6.92 Å². The molecule has 160 valence electrons. The number of hydrogen-bond acceptors (Lipinski definition) is 3. The lowest BCUT2D eigenvalue weighted by Gasteiger charge is -2.29. The van der Waals surface area contributed by atoms with E-state index in [4.69, 9.17) is 11.6 Å². The monoisotopic (exact) mass is 454 g/mol. The van der Waals surface area contributed by atoms with E-state index >= 15 is 0 Å². The molecule has 5 nitrogen and oxygen atoms in total. The SMILES string of the molecule is Cc1cccc(N(CC(=O)N2c3ccccc3CC2C)S(=O)(=O)c2ccc(Cl)cc2)c1. The lowest BCUT2D eigenvalue weighted by molar-refractivity contribution is -0.117. The molecule has 0 spiro atoms. The summed E-state index contributed by atoms with van der Waals surface area (Å²) in [6.45, 7) is 3.56. The van der Waals surface area contributed by atoms with Gasteiger partial charge in [-0.2, -0.15) is 0 Å². The number of benzene rings is 3. The molecular formula is C24H23ClN2O3S. The van der Waals surface area contributed by atoms with Crippen LogP contribution in [0.15, 0.2) is 77.7 Å². The molecule has 0 saturated carbocycles. The first-order valence-electron chi connectivity index (χ1n) is 10.0. The van der Waals surface area contributed by atoms with Crippen LogP contribution in [-0.4, -0.2) is 26.9 Å². The number of anilines is 2. The lowest BCUT2D eigenvalue weighted by atomic mass is 10.1. The van der Waals surface area contributed by atoms with Crippen molar-refractivity contribution in [3.63, 3.8) is 0 Å². The minimum atomic E-state index is -3.98. The molecule has 1 heterocycles. The van der Waals surface area contributed by atoms with Crippen molar-refractivity contribution in [3.05, 3.63) is 88.9 Å². The second kappa shape index (κ2) is 8.36. The number of rotatable bonds is 5. The van der Waals surface area contributed by atoms with Crippen LogP contribution < -0.4 is 9.21 Å². The van der Waals surface area contributed by atoms with E-state index < -0.39 is 10.0 Å². The average Bonchev–Trinajstić information content (AvgIpc) is 3.07. The van der Waals surface area contributed by atoms with Gasteiger partial charge in [-0.05, 0) is 73.9 Å². The van der Waals surface area contributed by atoms with Gasteiger partial charge in [0.2, 0.25) is 5.91 Å². The summed E-state index contributed by atoms with van der Waals surface area (Å²) < 4.78 is 28.3. The Kier molecular flexibility index (Phi) is 5.77. The zero-order valence-electron chi connectivity index (χ0n) is 17.3. The first-order valence-corrected chi connectivity index (χ1v) is 11.8. The van der Waals surface area contributed by atoms with Crippen LogP contribution in [0.1, 0.15) is 18.1 Å². The van der Waals surface area contributed by atoms with Crippen molar-refractivity contribution >= 4 is 38.9 Å². The van der Waals surface area contributed by atoms with Crippen molar-refractivity contribution in [2.24, 2.45) is 0 Å².